The lowest BCUT2D eigenvalue weighted by molar-refractivity contribution is -0.122. The average Bonchev–Trinajstić information content (AvgIpc) is 3.29. The summed E-state index contributed by atoms with van der Waals surface area (Å²) in [4.78, 5) is 13.1. The molecule has 2 aromatic carbocycles. The number of hydrogen-bond acceptors (Lipinski definition) is 6. The number of rotatable bonds is 9. The zero-order valence-corrected chi connectivity index (χ0v) is 19.3. The zero-order valence-electron chi connectivity index (χ0n) is 17.7. The number of fused-ring (bicyclic) bond motifs is 1. The number of nitrogens with one attached hydrogen (secondary N) is 2. The molecule has 7 nitrogen and oxygen atoms in total. The van der Waals surface area contributed by atoms with Crippen molar-refractivity contribution in [3.63, 3.8) is 0 Å². The molecule has 0 bridgehead atoms. The fraction of sp³-hybridized carbons (Fsp3) is 0.348. The second-order valence-electron chi connectivity index (χ2n) is 7.90. The van der Waals surface area contributed by atoms with Crippen LogP contribution in [0.3, 0.4) is 0 Å². The Labute approximate surface area is 192 Å². The predicted octanol–water partition coefficient (Wildman–Crippen LogP) is 3.59. The van der Waals surface area contributed by atoms with Crippen LogP contribution in [0.15, 0.2) is 65.1 Å². The molecule has 2 N–H and O–H groups in total. The van der Waals surface area contributed by atoms with Crippen molar-refractivity contribution in [3.05, 3.63) is 65.7 Å². The molecule has 32 heavy (non-hydrogen) atoms. The van der Waals surface area contributed by atoms with Crippen LogP contribution in [0.2, 0.25) is 0 Å². The van der Waals surface area contributed by atoms with Gasteiger partial charge in [-0.1, -0.05) is 48.0 Å². The molecule has 0 saturated heterocycles. The van der Waals surface area contributed by atoms with Crippen LogP contribution in [0, 0.1) is 0 Å². The molecule has 0 saturated carbocycles. The van der Waals surface area contributed by atoms with Gasteiger partial charge in [-0.2, -0.15) is 13.5 Å². The van der Waals surface area contributed by atoms with E-state index in [9.17, 15) is 13.2 Å². The van der Waals surface area contributed by atoms with E-state index in [1.165, 1.54) is 24.5 Å². The van der Waals surface area contributed by atoms with Crippen LogP contribution in [0.4, 0.5) is 0 Å². The second-order valence-corrected chi connectivity index (χ2v) is 10.1. The Bertz CT molecular complexity index is 1210. The molecule has 0 radical (unpaired) electrons. The number of carbonyl (C=O) groups excluding carboxylic acids is 1. The standard InChI is InChI=1S/C23H26N4O3S2/c28-23(24-15-14-17-8-3-1-4-9-17)20(16-18-10-5-2-6-11-18)27-32(29,30)21-13-7-12-19-22(21)26-31-25-19/h2,5-8,10-13,20,27H,1,3-4,9,14-16H2,(H,24,28)/t20-/m1/s1. The van der Waals surface area contributed by atoms with Gasteiger partial charge in [0.25, 0.3) is 0 Å². The molecule has 1 aromatic heterocycles. The van der Waals surface area contributed by atoms with E-state index in [2.05, 4.69) is 24.9 Å². The number of hydrogen-bond donors (Lipinski definition) is 2. The number of allylic oxidation sites excluding steroid dienone is 1. The van der Waals surface area contributed by atoms with Crippen molar-refractivity contribution in [3.8, 4) is 0 Å². The maximum atomic E-state index is 13.2. The van der Waals surface area contributed by atoms with Crippen LogP contribution in [-0.4, -0.2) is 35.7 Å². The SMILES string of the molecule is O=C(NCCC1=CCCCC1)[C@@H](Cc1ccccc1)NS(=O)(=O)c1cccc2nsnc12. The summed E-state index contributed by atoms with van der Waals surface area (Å²) in [6.45, 7) is 0.489. The molecule has 3 aromatic rings. The van der Waals surface area contributed by atoms with E-state index in [1.807, 2.05) is 30.3 Å². The molecule has 168 valence electrons. The molecule has 1 heterocycles. The normalized spacial score (nSPS) is 15.3. The Balaban J connectivity index is 1.51. The number of nitrogens with zero attached hydrogens (tertiary/aromatic N) is 2. The topological polar surface area (TPSA) is 101 Å². The lowest BCUT2D eigenvalue weighted by Crippen LogP contribution is -2.48. The van der Waals surface area contributed by atoms with Crippen molar-refractivity contribution in [2.24, 2.45) is 0 Å². The van der Waals surface area contributed by atoms with Gasteiger partial charge in [0.2, 0.25) is 15.9 Å². The summed E-state index contributed by atoms with van der Waals surface area (Å²) in [7, 11) is -3.98. The van der Waals surface area contributed by atoms with Crippen LogP contribution in [0.25, 0.3) is 11.0 Å². The molecule has 0 aliphatic heterocycles. The summed E-state index contributed by atoms with van der Waals surface area (Å²) >= 11 is 0.959. The fourth-order valence-corrected chi connectivity index (χ4v) is 5.85. The minimum absolute atomic E-state index is 0.0296. The minimum atomic E-state index is -3.98. The van der Waals surface area contributed by atoms with Crippen LogP contribution < -0.4 is 10.0 Å². The number of carbonyl (C=O) groups is 1. The molecule has 1 aliphatic carbocycles. The van der Waals surface area contributed by atoms with Gasteiger partial charge in [-0.05, 0) is 56.2 Å². The summed E-state index contributed by atoms with van der Waals surface area (Å²) < 4.78 is 37.3. The molecule has 1 amide bonds. The molecule has 9 heteroatoms. The van der Waals surface area contributed by atoms with E-state index in [-0.39, 0.29) is 17.2 Å². The number of aromatic nitrogens is 2. The maximum absolute atomic E-state index is 13.2. The second kappa shape index (κ2) is 10.3. The third-order valence-corrected chi connectivity index (χ3v) is 7.61. The molecule has 0 unspecified atom stereocenters. The van der Waals surface area contributed by atoms with Gasteiger partial charge in [-0.15, -0.1) is 0 Å². The molecular weight excluding hydrogens is 444 g/mol. The summed E-state index contributed by atoms with van der Waals surface area (Å²) in [5, 5.41) is 2.92. The third kappa shape index (κ3) is 5.59. The Morgan fingerprint density at radius 3 is 2.69 bits per heavy atom. The third-order valence-electron chi connectivity index (χ3n) is 5.57. The van der Waals surface area contributed by atoms with E-state index in [4.69, 9.17) is 0 Å². The first-order valence-electron chi connectivity index (χ1n) is 10.8. The van der Waals surface area contributed by atoms with Crippen LogP contribution in [0.1, 0.15) is 37.7 Å². The first-order chi connectivity index (χ1) is 15.5. The smallest absolute Gasteiger partial charge is 0.243 e. The van der Waals surface area contributed by atoms with Crippen molar-refractivity contribution in [2.75, 3.05) is 6.54 Å². The largest absolute Gasteiger partial charge is 0.354 e. The first-order valence-corrected chi connectivity index (χ1v) is 13.0. The molecule has 4 rings (SSSR count). The van der Waals surface area contributed by atoms with Gasteiger partial charge in [0.15, 0.2) is 0 Å². The highest BCUT2D eigenvalue weighted by Gasteiger charge is 2.28. The fourth-order valence-electron chi connectivity index (χ4n) is 3.89. The molecular formula is C23H26N4O3S2. The van der Waals surface area contributed by atoms with E-state index >= 15 is 0 Å². The van der Waals surface area contributed by atoms with E-state index in [0.29, 0.717) is 17.6 Å². The first kappa shape index (κ1) is 22.6. The summed E-state index contributed by atoms with van der Waals surface area (Å²) in [5.74, 6) is -0.336. The van der Waals surface area contributed by atoms with Crippen molar-refractivity contribution < 1.29 is 13.2 Å². The predicted molar refractivity (Wildman–Crippen MR) is 126 cm³/mol. The molecule has 0 fully saturated rings. The lowest BCUT2D eigenvalue weighted by atomic mass is 9.97. The van der Waals surface area contributed by atoms with E-state index in [0.717, 1.165) is 36.6 Å². The summed E-state index contributed by atoms with van der Waals surface area (Å²) in [6, 6.07) is 13.3. The molecule has 1 aliphatic rings. The van der Waals surface area contributed by atoms with Crippen molar-refractivity contribution in [1.82, 2.24) is 18.8 Å². The zero-order chi connectivity index (χ0) is 22.4. The highest BCUT2D eigenvalue weighted by molar-refractivity contribution is 7.89. The van der Waals surface area contributed by atoms with Gasteiger partial charge in [0.05, 0.1) is 11.7 Å². The highest BCUT2D eigenvalue weighted by atomic mass is 32.2. The van der Waals surface area contributed by atoms with Gasteiger partial charge in [-0.3, -0.25) is 4.79 Å². The number of benzene rings is 2. The summed E-state index contributed by atoms with van der Waals surface area (Å²) in [6.07, 6.45) is 7.87. The average molecular weight is 471 g/mol. The van der Waals surface area contributed by atoms with Crippen LogP contribution in [-0.2, 0) is 21.2 Å². The summed E-state index contributed by atoms with van der Waals surface area (Å²) in [5.41, 5.74) is 3.06. The monoisotopic (exact) mass is 470 g/mol. The highest BCUT2D eigenvalue weighted by Crippen LogP contribution is 2.22. The molecule has 0 spiro atoms. The lowest BCUT2D eigenvalue weighted by Gasteiger charge is -2.19. The van der Waals surface area contributed by atoms with Crippen molar-refractivity contribution in [2.45, 2.75) is 49.5 Å². The maximum Gasteiger partial charge on any atom is 0.243 e. The van der Waals surface area contributed by atoms with Gasteiger partial charge in [0.1, 0.15) is 22.0 Å². The Hall–Kier alpha value is -2.62. The van der Waals surface area contributed by atoms with Gasteiger partial charge in [-0.25, -0.2) is 8.42 Å². The Kier molecular flexibility index (Phi) is 7.29. The minimum Gasteiger partial charge on any atom is -0.354 e. The van der Waals surface area contributed by atoms with Gasteiger partial charge in [0, 0.05) is 6.54 Å². The number of amides is 1. The Morgan fingerprint density at radius 1 is 1.06 bits per heavy atom. The quantitative estimate of drug-likeness (QED) is 0.466. The molecule has 1 atom stereocenters. The number of sulfonamides is 1. The Morgan fingerprint density at radius 2 is 1.91 bits per heavy atom. The van der Waals surface area contributed by atoms with Crippen molar-refractivity contribution >= 4 is 38.7 Å². The van der Waals surface area contributed by atoms with Gasteiger partial charge >= 0.3 is 0 Å². The van der Waals surface area contributed by atoms with E-state index in [1.54, 1.807) is 12.1 Å². The van der Waals surface area contributed by atoms with Crippen molar-refractivity contribution in [1.29, 1.82) is 0 Å². The van der Waals surface area contributed by atoms with E-state index < -0.39 is 16.1 Å². The van der Waals surface area contributed by atoms with Gasteiger partial charge < -0.3 is 5.32 Å². The van der Waals surface area contributed by atoms with Crippen LogP contribution >= 0.6 is 11.7 Å². The van der Waals surface area contributed by atoms with Crippen LogP contribution in [0.5, 0.6) is 0 Å².